The Morgan fingerprint density at radius 1 is 0.340 bits per heavy atom. The van der Waals surface area contributed by atoms with Crippen molar-refractivity contribution in [2.24, 2.45) is 0 Å². The minimum absolute atomic E-state index is 0. The van der Waals surface area contributed by atoms with Gasteiger partial charge in [-0.2, -0.15) is 0 Å². The van der Waals surface area contributed by atoms with Gasteiger partial charge in [0, 0.05) is 71.1 Å². The van der Waals surface area contributed by atoms with Gasteiger partial charge in [0.2, 0.25) is 0 Å². The van der Waals surface area contributed by atoms with E-state index in [1.807, 2.05) is 30.3 Å². The summed E-state index contributed by atoms with van der Waals surface area (Å²) in [6.07, 6.45) is 8.48. The number of hydrogen-bond acceptors (Lipinski definition) is 3. The molecule has 4 aromatic carbocycles. The van der Waals surface area contributed by atoms with Gasteiger partial charge in [-0.3, -0.25) is 0 Å². The molecule has 0 unspecified atom stereocenters. The number of fused-ring (bicyclic) bond motifs is 8. The van der Waals surface area contributed by atoms with Crippen LogP contribution in [0.2, 0.25) is 0 Å². The minimum atomic E-state index is 0. The van der Waals surface area contributed by atoms with E-state index in [0.29, 0.717) is 5.69 Å². The topological polar surface area (TPSA) is 83.4 Å². The van der Waals surface area contributed by atoms with E-state index in [1.165, 1.54) is 0 Å². The van der Waals surface area contributed by atoms with E-state index in [0.717, 1.165) is 89.4 Å². The Morgan fingerprint density at radius 2 is 0.620 bits per heavy atom. The van der Waals surface area contributed by atoms with Crippen molar-refractivity contribution < 1.29 is 21.1 Å². The second-order valence-corrected chi connectivity index (χ2v) is 12.2. The van der Waals surface area contributed by atoms with Crippen LogP contribution in [-0.2, 0) is 21.1 Å². The quantitative estimate of drug-likeness (QED) is 0.155. The van der Waals surface area contributed by atoms with Crippen molar-refractivity contribution in [2.45, 2.75) is 0 Å². The SMILES string of the molecule is Nc1ccc(-c2c3nc(c(-c4ccccc4)c4ccc([nH]4)c(-c4ccccc4)c4nc(c(-c5ccccc5)c5ccc2[nH]5)C=C4)C=C3)cc1.[Pt]. The van der Waals surface area contributed by atoms with Gasteiger partial charge in [0.1, 0.15) is 0 Å². The van der Waals surface area contributed by atoms with Gasteiger partial charge in [0.25, 0.3) is 0 Å². The van der Waals surface area contributed by atoms with Crippen LogP contribution in [-0.4, -0.2) is 19.9 Å². The van der Waals surface area contributed by atoms with Gasteiger partial charge in [0.05, 0.1) is 22.8 Å². The number of hydrogen-bond donors (Lipinski definition) is 3. The van der Waals surface area contributed by atoms with Crippen LogP contribution in [0.5, 0.6) is 0 Å². The number of aromatic amines is 2. The van der Waals surface area contributed by atoms with Crippen LogP contribution in [0.1, 0.15) is 22.8 Å². The second-order valence-electron chi connectivity index (χ2n) is 12.2. The molecule has 0 radical (unpaired) electrons. The van der Waals surface area contributed by atoms with Crippen LogP contribution in [0.3, 0.4) is 0 Å². The summed E-state index contributed by atoms with van der Waals surface area (Å²) in [7, 11) is 0. The number of nitrogens with one attached hydrogen (secondary N) is 2. The largest absolute Gasteiger partial charge is 0.399 e. The summed E-state index contributed by atoms with van der Waals surface area (Å²) in [5.41, 5.74) is 22.6. The molecule has 0 spiro atoms. The van der Waals surface area contributed by atoms with Crippen molar-refractivity contribution in [3.8, 4) is 44.5 Å². The standard InChI is InChI=1S/C44H31N5.Pt/c45-32-18-16-31(17-19-32)44-39-26-24-37(48-39)42(29-12-6-2-7-13-29)35-22-20-33(46-35)41(28-10-4-1-5-11-28)34-21-23-36(47-34)43(30-14-8-3-9-15-30)38-25-27-40(44)49-38;/h1-27,46,49H,45H2;. The van der Waals surface area contributed by atoms with Crippen molar-refractivity contribution in [3.05, 3.63) is 162 Å². The summed E-state index contributed by atoms with van der Waals surface area (Å²) in [5, 5.41) is 0. The van der Waals surface area contributed by atoms with Crippen molar-refractivity contribution in [2.75, 3.05) is 5.73 Å². The Balaban J connectivity index is 0.00000361. The molecule has 0 saturated carbocycles. The molecule has 4 N–H and O–H groups in total. The zero-order valence-corrected chi connectivity index (χ0v) is 29.1. The first-order valence-corrected chi connectivity index (χ1v) is 16.4. The number of nitrogens with zero attached hydrogens (tertiary/aromatic N) is 2. The Labute approximate surface area is 304 Å². The molecule has 5 nitrogen and oxygen atoms in total. The van der Waals surface area contributed by atoms with E-state index in [1.54, 1.807) is 0 Å². The fourth-order valence-electron chi connectivity index (χ4n) is 6.88. The Hall–Kier alpha value is -6.03. The van der Waals surface area contributed by atoms with Gasteiger partial charge >= 0.3 is 0 Å². The predicted molar refractivity (Wildman–Crippen MR) is 205 cm³/mol. The fraction of sp³-hybridized carbons (Fsp3) is 0. The molecular formula is C44H31N5Pt. The van der Waals surface area contributed by atoms with Crippen LogP contribution in [0.15, 0.2) is 140 Å². The summed E-state index contributed by atoms with van der Waals surface area (Å²) in [5.74, 6) is 0. The summed E-state index contributed by atoms with van der Waals surface area (Å²) >= 11 is 0. The Kier molecular flexibility index (Phi) is 8.20. The average molecular weight is 825 g/mol. The van der Waals surface area contributed by atoms with Gasteiger partial charge in [0.15, 0.2) is 0 Å². The van der Waals surface area contributed by atoms with Gasteiger partial charge < -0.3 is 15.7 Å². The maximum absolute atomic E-state index is 6.14. The molecule has 9 rings (SSSR count). The number of aromatic nitrogens is 4. The van der Waals surface area contributed by atoms with Gasteiger partial charge in [-0.1, -0.05) is 103 Å². The predicted octanol–water partition coefficient (Wildman–Crippen LogP) is 10.9. The minimum Gasteiger partial charge on any atom is -0.399 e. The third-order valence-electron chi connectivity index (χ3n) is 9.14. The third kappa shape index (κ3) is 5.62. The molecule has 7 aromatic rings. The van der Waals surface area contributed by atoms with E-state index in [2.05, 4.69) is 143 Å². The number of H-pyrrole nitrogens is 2. The normalized spacial score (nSPS) is 11.8. The molecule has 0 saturated heterocycles. The van der Waals surface area contributed by atoms with Crippen molar-refractivity contribution in [3.63, 3.8) is 0 Å². The molecule has 2 aliphatic rings. The van der Waals surface area contributed by atoms with Crippen LogP contribution in [0.25, 0.3) is 90.9 Å². The van der Waals surface area contributed by atoms with Crippen molar-refractivity contribution >= 4 is 52.1 Å². The zero-order valence-electron chi connectivity index (χ0n) is 26.9. The molecule has 50 heavy (non-hydrogen) atoms. The summed E-state index contributed by atoms with van der Waals surface area (Å²) in [6.45, 7) is 0. The van der Waals surface area contributed by atoms with Crippen LogP contribution >= 0.6 is 0 Å². The molecular weight excluding hydrogens is 794 g/mol. The number of rotatable bonds is 4. The van der Waals surface area contributed by atoms with E-state index in [4.69, 9.17) is 15.7 Å². The molecule has 242 valence electrons. The Morgan fingerprint density at radius 3 is 0.920 bits per heavy atom. The number of anilines is 1. The summed E-state index contributed by atoms with van der Waals surface area (Å²) in [4.78, 5) is 18.3. The zero-order chi connectivity index (χ0) is 32.7. The van der Waals surface area contributed by atoms with E-state index in [-0.39, 0.29) is 21.1 Å². The molecule has 0 aliphatic carbocycles. The summed E-state index contributed by atoms with van der Waals surface area (Å²) in [6, 6.07) is 48.0. The number of benzene rings is 4. The Bertz CT molecular complexity index is 2540. The maximum atomic E-state index is 6.14. The molecule has 8 bridgehead atoms. The molecule has 3 aromatic heterocycles. The average Bonchev–Trinajstić information content (AvgIpc) is 3.98. The fourth-order valence-corrected chi connectivity index (χ4v) is 6.88. The molecule has 5 heterocycles. The first-order valence-electron chi connectivity index (χ1n) is 16.4. The van der Waals surface area contributed by atoms with Crippen molar-refractivity contribution in [1.29, 1.82) is 0 Å². The van der Waals surface area contributed by atoms with Crippen LogP contribution in [0, 0.1) is 0 Å². The molecule has 0 atom stereocenters. The van der Waals surface area contributed by atoms with Crippen LogP contribution < -0.4 is 5.73 Å². The van der Waals surface area contributed by atoms with Crippen LogP contribution in [0.4, 0.5) is 5.69 Å². The third-order valence-corrected chi connectivity index (χ3v) is 9.14. The van der Waals surface area contributed by atoms with E-state index >= 15 is 0 Å². The number of nitrogen functional groups attached to an aromatic ring is 1. The van der Waals surface area contributed by atoms with Gasteiger partial charge in [-0.05, 0) is 83.0 Å². The second kappa shape index (κ2) is 13.1. The molecule has 0 fully saturated rings. The first kappa shape index (κ1) is 31.2. The molecule has 2 aliphatic heterocycles. The monoisotopic (exact) mass is 824 g/mol. The molecule has 6 heteroatoms. The van der Waals surface area contributed by atoms with E-state index in [9.17, 15) is 0 Å². The van der Waals surface area contributed by atoms with Crippen molar-refractivity contribution in [1.82, 2.24) is 19.9 Å². The maximum Gasteiger partial charge on any atom is 0.0737 e. The number of nitrogens with two attached hydrogens (primary N) is 1. The van der Waals surface area contributed by atoms with Gasteiger partial charge in [-0.15, -0.1) is 0 Å². The van der Waals surface area contributed by atoms with Gasteiger partial charge in [-0.25, -0.2) is 9.97 Å². The van der Waals surface area contributed by atoms with E-state index < -0.39 is 0 Å². The smallest absolute Gasteiger partial charge is 0.0737 e. The first-order chi connectivity index (χ1) is 24.2. The summed E-state index contributed by atoms with van der Waals surface area (Å²) < 4.78 is 0. The molecule has 0 amide bonds.